The Kier molecular flexibility index (Phi) is 2.63. The van der Waals surface area contributed by atoms with Crippen molar-refractivity contribution in [2.75, 3.05) is 18.0 Å². The van der Waals surface area contributed by atoms with Crippen LogP contribution in [0.4, 0.5) is 5.82 Å². The third-order valence-electron chi connectivity index (χ3n) is 3.21. The highest BCUT2D eigenvalue weighted by Crippen LogP contribution is 2.28. The van der Waals surface area contributed by atoms with Crippen LogP contribution in [0.25, 0.3) is 10.9 Å². The van der Waals surface area contributed by atoms with Crippen molar-refractivity contribution < 1.29 is 0 Å². The Hall–Kier alpha value is -1.35. The molecule has 4 heteroatoms. The van der Waals surface area contributed by atoms with Crippen molar-refractivity contribution in [3.8, 4) is 0 Å². The zero-order chi connectivity index (χ0) is 11.8. The Morgan fingerprint density at radius 1 is 1.18 bits per heavy atom. The van der Waals surface area contributed by atoms with Gasteiger partial charge in [-0.2, -0.15) is 4.98 Å². The summed E-state index contributed by atoms with van der Waals surface area (Å²) in [7, 11) is 0. The van der Waals surface area contributed by atoms with Crippen LogP contribution in [0.1, 0.15) is 18.4 Å². The largest absolute Gasteiger partial charge is 0.356 e. The van der Waals surface area contributed by atoms with Crippen LogP contribution in [0, 0.1) is 6.92 Å². The maximum Gasteiger partial charge on any atom is 0.224 e. The highest BCUT2D eigenvalue weighted by molar-refractivity contribution is 6.28. The summed E-state index contributed by atoms with van der Waals surface area (Å²) in [6.45, 7) is 4.22. The molecule has 0 spiro atoms. The van der Waals surface area contributed by atoms with Gasteiger partial charge in [-0.25, -0.2) is 4.98 Å². The van der Waals surface area contributed by atoms with E-state index in [0.717, 1.165) is 29.8 Å². The van der Waals surface area contributed by atoms with Crippen molar-refractivity contribution in [3.63, 3.8) is 0 Å². The predicted octanol–water partition coefficient (Wildman–Crippen LogP) is 3.19. The zero-order valence-electron chi connectivity index (χ0n) is 9.78. The summed E-state index contributed by atoms with van der Waals surface area (Å²) < 4.78 is 0. The first-order valence-electron chi connectivity index (χ1n) is 5.93. The summed E-state index contributed by atoms with van der Waals surface area (Å²) in [5, 5.41) is 1.44. The smallest absolute Gasteiger partial charge is 0.224 e. The lowest BCUT2D eigenvalue weighted by Gasteiger charge is -2.18. The average Bonchev–Trinajstić information content (AvgIpc) is 2.82. The predicted molar refractivity (Wildman–Crippen MR) is 70.7 cm³/mol. The van der Waals surface area contributed by atoms with Crippen molar-refractivity contribution in [2.24, 2.45) is 0 Å². The second kappa shape index (κ2) is 4.15. The van der Waals surface area contributed by atoms with E-state index in [2.05, 4.69) is 33.9 Å². The van der Waals surface area contributed by atoms with E-state index in [1.807, 2.05) is 6.07 Å². The van der Waals surface area contributed by atoms with E-state index in [-0.39, 0.29) is 0 Å². The van der Waals surface area contributed by atoms with Crippen LogP contribution in [0.3, 0.4) is 0 Å². The van der Waals surface area contributed by atoms with Gasteiger partial charge >= 0.3 is 0 Å². The summed E-state index contributed by atoms with van der Waals surface area (Å²) >= 11 is 5.99. The number of hydrogen-bond donors (Lipinski definition) is 0. The average molecular weight is 248 g/mol. The molecular formula is C13H14ClN3. The molecule has 0 radical (unpaired) electrons. The first-order chi connectivity index (χ1) is 8.24. The van der Waals surface area contributed by atoms with Crippen LogP contribution < -0.4 is 4.90 Å². The molecule has 0 amide bonds. The lowest BCUT2D eigenvalue weighted by Crippen LogP contribution is -2.19. The zero-order valence-corrected chi connectivity index (χ0v) is 10.5. The van der Waals surface area contributed by atoms with Gasteiger partial charge in [-0.1, -0.05) is 11.6 Å². The lowest BCUT2D eigenvalue weighted by atomic mass is 10.1. The topological polar surface area (TPSA) is 29.0 Å². The van der Waals surface area contributed by atoms with Crippen LogP contribution in [0.15, 0.2) is 18.2 Å². The van der Waals surface area contributed by atoms with Gasteiger partial charge in [-0.3, -0.25) is 0 Å². The summed E-state index contributed by atoms with van der Waals surface area (Å²) in [4.78, 5) is 11.0. The second-order valence-corrected chi connectivity index (χ2v) is 4.87. The third kappa shape index (κ3) is 1.95. The minimum atomic E-state index is 0.336. The summed E-state index contributed by atoms with van der Waals surface area (Å²) in [5.74, 6) is 0.987. The molecule has 1 aliphatic rings. The monoisotopic (exact) mass is 247 g/mol. The summed E-state index contributed by atoms with van der Waals surface area (Å²) in [5.41, 5.74) is 2.15. The van der Waals surface area contributed by atoms with Gasteiger partial charge in [-0.05, 0) is 43.5 Å². The molecule has 1 aromatic heterocycles. The van der Waals surface area contributed by atoms with Crippen LogP contribution in [0.2, 0.25) is 5.28 Å². The molecule has 2 aromatic rings. The normalized spacial score (nSPS) is 15.8. The Bertz CT molecular complexity index is 562. The maximum absolute atomic E-state index is 5.99. The van der Waals surface area contributed by atoms with E-state index >= 15 is 0 Å². The van der Waals surface area contributed by atoms with Crippen LogP contribution in [-0.4, -0.2) is 23.1 Å². The maximum atomic E-state index is 5.99. The molecule has 1 saturated heterocycles. The van der Waals surface area contributed by atoms with E-state index in [1.165, 1.54) is 18.4 Å². The van der Waals surface area contributed by atoms with Crippen LogP contribution in [-0.2, 0) is 0 Å². The van der Waals surface area contributed by atoms with E-state index in [9.17, 15) is 0 Å². The molecule has 0 N–H and O–H groups in total. The molecule has 1 aliphatic heterocycles. The first-order valence-corrected chi connectivity index (χ1v) is 6.31. The van der Waals surface area contributed by atoms with Crippen molar-refractivity contribution in [1.82, 2.24) is 9.97 Å². The minimum absolute atomic E-state index is 0.336. The van der Waals surface area contributed by atoms with Crippen molar-refractivity contribution in [3.05, 3.63) is 29.0 Å². The SMILES string of the molecule is Cc1ccc2nc(Cl)nc(N3CCCC3)c2c1. The van der Waals surface area contributed by atoms with Gasteiger partial charge in [0.05, 0.1) is 5.52 Å². The fraction of sp³-hybridized carbons (Fsp3) is 0.385. The third-order valence-corrected chi connectivity index (χ3v) is 3.38. The molecular weight excluding hydrogens is 234 g/mol. The summed E-state index contributed by atoms with van der Waals surface area (Å²) in [6.07, 6.45) is 2.46. The standard InChI is InChI=1S/C13H14ClN3/c1-9-4-5-11-10(8-9)12(16-13(14)15-11)17-6-2-3-7-17/h4-5,8H,2-3,6-7H2,1H3. The Morgan fingerprint density at radius 3 is 2.71 bits per heavy atom. The number of halogens is 1. The van der Waals surface area contributed by atoms with Gasteiger partial charge in [0, 0.05) is 18.5 Å². The summed E-state index contributed by atoms with van der Waals surface area (Å²) in [6, 6.07) is 6.20. The molecule has 1 aromatic carbocycles. The number of aryl methyl sites for hydroxylation is 1. The van der Waals surface area contributed by atoms with E-state index < -0.39 is 0 Å². The van der Waals surface area contributed by atoms with Crippen molar-refractivity contribution >= 4 is 28.3 Å². The fourth-order valence-corrected chi connectivity index (χ4v) is 2.54. The second-order valence-electron chi connectivity index (χ2n) is 4.53. The number of aromatic nitrogens is 2. The Morgan fingerprint density at radius 2 is 1.94 bits per heavy atom. The number of rotatable bonds is 1. The molecule has 0 aliphatic carbocycles. The lowest BCUT2D eigenvalue weighted by molar-refractivity contribution is 0.939. The molecule has 88 valence electrons. The van der Waals surface area contributed by atoms with E-state index in [0.29, 0.717) is 5.28 Å². The Labute approximate surface area is 105 Å². The molecule has 1 fully saturated rings. The van der Waals surface area contributed by atoms with Crippen LogP contribution >= 0.6 is 11.6 Å². The molecule has 17 heavy (non-hydrogen) atoms. The van der Waals surface area contributed by atoms with Crippen LogP contribution in [0.5, 0.6) is 0 Å². The van der Waals surface area contributed by atoms with Gasteiger partial charge in [0.15, 0.2) is 0 Å². The molecule has 0 saturated carbocycles. The number of nitrogens with zero attached hydrogens (tertiary/aromatic N) is 3. The van der Waals surface area contributed by atoms with Crippen molar-refractivity contribution in [1.29, 1.82) is 0 Å². The molecule has 3 rings (SSSR count). The molecule has 2 heterocycles. The number of hydrogen-bond acceptors (Lipinski definition) is 3. The fourth-order valence-electron chi connectivity index (χ4n) is 2.37. The van der Waals surface area contributed by atoms with E-state index in [1.54, 1.807) is 0 Å². The first kappa shape index (κ1) is 10.8. The van der Waals surface area contributed by atoms with Gasteiger partial charge in [-0.15, -0.1) is 0 Å². The number of anilines is 1. The Balaban J connectivity index is 2.23. The van der Waals surface area contributed by atoms with E-state index in [4.69, 9.17) is 11.6 Å². The van der Waals surface area contributed by atoms with Crippen molar-refractivity contribution in [2.45, 2.75) is 19.8 Å². The highest BCUT2D eigenvalue weighted by atomic mass is 35.5. The number of fused-ring (bicyclic) bond motifs is 1. The molecule has 3 nitrogen and oxygen atoms in total. The van der Waals surface area contributed by atoms with Gasteiger partial charge in [0.2, 0.25) is 5.28 Å². The number of benzene rings is 1. The quantitative estimate of drug-likeness (QED) is 0.725. The minimum Gasteiger partial charge on any atom is -0.356 e. The molecule has 0 bridgehead atoms. The van der Waals surface area contributed by atoms with Gasteiger partial charge in [0.25, 0.3) is 0 Å². The highest BCUT2D eigenvalue weighted by Gasteiger charge is 2.17. The van der Waals surface area contributed by atoms with Gasteiger partial charge < -0.3 is 4.90 Å². The van der Waals surface area contributed by atoms with Gasteiger partial charge in [0.1, 0.15) is 5.82 Å². The molecule has 0 unspecified atom stereocenters. The molecule has 0 atom stereocenters.